The zero-order valence-corrected chi connectivity index (χ0v) is 8.96. The Labute approximate surface area is 97.8 Å². The molecule has 0 amide bonds. The lowest BCUT2D eigenvalue weighted by Gasteiger charge is -2.32. The van der Waals surface area contributed by atoms with E-state index in [1.807, 2.05) is 0 Å². The summed E-state index contributed by atoms with van der Waals surface area (Å²) in [5.41, 5.74) is 0.664. The molecular formula is C11H11N3O3. The zero-order valence-electron chi connectivity index (χ0n) is 8.96. The molecule has 1 aromatic rings. The second kappa shape index (κ2) is 4.39. The molecule has 1 fully saturated rings. The molecule has 1 aliphatic carbocycles. The second-order valence-corrected chi connectivity index (χ2v) is 4.04. The molecule has 0 unspecified atom stereocenters. The van der Waals surface area contributed by atoms with Gasteiger partial charge in [-0.15, -0.1) is 0 Å². The van der Waals surface area contributed by atoms with E-state index in [9.17, 15) is 10.1 Å². The highest BCUT2D eigenvalue weighted by molar-refractivity contribution is 5.69. The fraction of sp³-hybridized carbons (Fsp3) is 0.364. The minimum absolute atomic E-state index is 0.0428. The molecule has 0 aliphatic heterocycles. The fourth-order valence-electron chi connectivity index (χ4n) is 1.79. The summed E-state index contributed by atoms with van der Waals surface area (Å²) in [6, 6.07) is 4.26. The third-order valence-corrected chi connectivity index (χ3v) is 2.78. The molecule has 1 aromatic carbocycles. The first-order valence-corrected chi connectivity index (χ1v) is 5.20. The van der Waals surface area contributed by atoms with E-state index in [1.54, 1.807) is 0 Å². The van der Waals surface area contributed by atoms with Crippen molar-refractivity contribution in [3.63, 3.8) is 0 Å². The van der Waals surface area contributed by atoms with Crippen LogP contribution in [0.5, 0.6) is 0 Å². The van der Waals surface area contributed by atoms with E-state index in [4.69, 9.17) is 11.7 Å². The average Bonchev–Trinajstić information content (AvgIpc) is 2.26. The summed E-state index contributed by atoms with van der Waals surface area (Å²) in [6.45, 7) is 6.88. The quantitative estimate of drug-likeness (QED) is 0.476. The Bertz CT molecular complexity index is 489. The Balaban J connectivity index is 2.23. The van der Waals surface area contributed by atoms with Crippen molar-refractivity contribution in [3.8, 4) is 0 Å². The normalized spacial score (nSPS) is 22.4. The van der Waals surface area contributed by atoms with E-state index in [1.165, 1.54) is 18.2 Å². The number of anilines is 1. The van der Waals surface area contributed by atoms with Crippen LogP contribution in [0, 0.1) is 16.7 Å². The SMILES string of the molecule is [C-]#[N+]c1ccc([N+](=O)[O-])c(NC2CC(O)C2)c1. The molecule has 0 aromatic heterocycles. The van der Waals surface area contributed by atoms with Gasteiger partial charge in [0.2, 0.25) is 0 Å². The van der Waals surface area contributed by atoms with Crippen LogP contribution in [0.2, 0.25) is 0 Å². The largest absolute Gasteiger partial charge is 0.393 e. The third kappa shape index (κ3) is 2.34. The van der Waals surface area contributed by atoms with Gasteiger partial charge in [0.1, 0.15) is 5.69 Å². The first-order chi connectivity index (χ1) is 8.10. The van der Waals surface area contributed by atoms with Gasteiger partial charge >= 0.3 is 0 Å². The molecular weight excluding hydrogens is 222 g/mol. The van der Waals surface area contributed by atoms with Gasteiger partial charge in [-0.05, 0) is 25.0 Å². The van der Waals surface area contributed by atoms with Crippen molar-refractivity contribution < 1.29 is 10.0 Å². The monoisotopic (exact) mass is 233 g/mol. The van der Waals surface area contributed by atoms with Crippen LogP contribution in [0.3, 0.4) is 0 Å². The molecule has 6 nitrogen and oxygen atoms in total. The van der Waals surface area contributed by atoms with E-state index in [0.717, 1.165) is 0 Å². The van der Waals surface area contributed by atoms with Crippen LogP contribution >= 0.6 is 0 Å². The number of hydrogen-bond donors (Lipinski definition) is 2. The van der Waals surface area contributed by atoms with E-state index < -0.39 is 4.92 Å². The molecule has 0 saturated heterocycles. The summed E-state index contributed by atoms with van der Waals surface area (Å²) in [5.74, 6) is 0. The van der Waals surface area contributed by atoms with Gasteiger partial charge in [-0.25, -0.2) is 4.85 Å². The summed E-state index contributed by atoms with van der Waals surface area (Å²) in [5, 5.41) is 23.0. The van der Waals surface area contributed by atoms with Gasteiger partial charge in [0, 0.05) is 12.1 Å². The lowest BCUT2D eigenvalue weighted by molar-refractivity contribution is -0.384. The first kappa shape index (κ1) is 11.4. The molecule has 0 radical (unpaired) electrons. The maximum Gasteiger partial charge on any atom is 0.289 e. The maximum absolute atomic E-state index is 10.8. The zero-order chi connectivity index (χ0) is 12.4. The van der Waals surface area contributed by atoms with E-state index in [-0.39, 0.29) is 17.8 Å². The lowest BCUT2D eigenvalue weighted by Crippen LogP contribution is -2.39. The van der Waals surface area contributed by atoms with Crippen molar-refractivity contribution in [1.29, 1.82) is 0 Å². The van der Waals surface area contributed by atoms with Crippen molar-refractivity contribution in [2.75, 3.05) is 5.32 Å². The molecule has 0 atom stereocenters. The van der Waals surface area contributed by atoms with Crippen LogP contribution in [-0.2, 0) is 0 Å². The summed E-state index contributed by atoms with van der Waals surface area (Å²) in [6.07, 6.45) is 0.842. The smallest absolute Gasteiger partial charge is 0.289 e. The highest BCUT2D eigenvalue weighted by atomic mass is 16.6. The van der Waals surface area contributed by atoms with Crippen molar-refractivity contribution in [3.05, 3.63) is 39.7 Å². The molecule has 2 rings (SSSR count). The van der Waals surface area contributed by atoms with Gasteiger partial charge in [0.05, 0.1) is 17.6 Å². The van der Waals surface area contributed by atoms with Gasteiger partial charge in [0.25, 0.3) is 5.69 Å². The van der Waals surface area contributed by atoms with Gasteiger partial charge in [-0.2, -0.15) is 0 Å². The standard InChI is InChI=1S/C11H11N3O3/c1-12-7-2-3-11(14(16)17)10(6-7)13-8-4-9(15)5-8/h2-3,6,8-9,13,15H,4-5H2. The fourth-order valence-corrected chi connectivity index (χ4v) is 1.79. The summed E-state index contributed by atoms with van der Waals surface area (Å²) < 4.78 is 0. The van der Waals surface area contributed by atoms with E-state index in [2.05, 4.69) is 10.2 Å². The second-order valence-electron chi connectivity index (χ2n) is 4.04. The van der Waals surface area contributed by atoms with Crippen molar-refractivity contribution in [1.82, 2.24) is 0 Å². The van der Waals surface area contributed by atoms with Crippen molar-refractivity contribution in [2.24, 2.45) is 0 Å². The molecule has 6 heteroatoms. The van der Waals surface area contributed by atoms with Crippen molar-refractivity contribution >= 4 is 17.1 Å². The average molecular weight is 233 g/mol. The number of rotatable bonds is 3. The molecule has 0 heterocycles. The predicted molar refractivity (Wildman–Crippen MR) is 62.0 cm³/mol. The Morgan fingerprint density at radius 2 is 2.24 bits per heavy atom. The number of nitrogens with zero attached hydrogens (tertiary/aromatic N) is 2. The Hall–Kier alpha value is -2.13. The maximum atomic E-state index is 10.8. The van der Waals surface area contributed by atoms with Crippen molar-refractivity contribution in [2.45, 2.75) is 25.0 Å². The van der Waals surface area contributed by atoms with Crippen LogP contribution < -0.4 is 5.32 Å². The summed E-state index contributed by atoms with van der Waals surface area (Å²) in [7, 11) is 0. The lowest BCUT2D eigenvalue weighted by atomic mass is 9.89. The minimum Gasteiger partial charge on any atom is -0.393 e. The van der Waals surface area contributed by atoms with Crippen LogP contribution in [-0.4, -0.2) is 22.2 Å². The van der Waals surface area contributed by atoms with Gasteiger partial charge in [0.15, 0.2) is 5.69 Å². The number of nitro benzene ring substituents is 1. The Kier molecular flexibility index (Phi) is 2.93. The number of hydrogen-bond acceptors (Lipinski definition) is 4. The van der Waals surface area contributed by atoms with Crippen LogP contribution in [0.15, 0.2) is 18.2 Å². The first-order valence-electron chi connectivity index (χ1n) is 5.20. The summed E-state index contributed by atoms with van der Waals surface area (Å²) >= 11 is 0. The topological polar surface area (TPSA) is 79.8 Å². The van der Waals surface area contributed by atoms with E-state index >= 15 is 0 Å². The predicted octanol–water partition coefficient (Wildman–Crippen LogP) is 2.08. The molecule has 0 spiro atoms. The van der Waals surface area contributed by atoms with Crippen LogP contribution in [0.1, 0.15) is 12.8 Å². The molecule has 1 saturated carbocycles. The number of aliphatic hydroxyl groups excluding tert-OH is 1. The number of benzene rings is 1. The highest BCUT2D eigenvalue weighted by Gasteiger charge is 2.28. The summed E-state index contributed by atoms with van der Waals surface area (Å²) in [4.78, 5) is 13.6. The number of nitro groups is 1. The van der Waals surface area contributed by atoms with Crippen LogP contribution in [0.4, 0.5) is 17.1 Å². The Morgan fingerprint density at radius 1 is 1.53 bits per heavy atom. The molecule has 0 bridgehead atoms. The number of aliphatic hydroxyl groups is 1. The van der Waals surface area contributed by atoms with Crippen LogP contribution in [0.25, 0.3) is 4.85 Å². The molecule has 88 valence electrons. The van der Waals surface area contributed by atoms with Gasteiger partial charge < -0.3 is 10.4 Å². The van der Waals surface area contributed by atoms with Gasteiger partial charge in [-0.1, -0.05) is 0 Å². The highest BCUT2D eigenvalue weighted by Crippen LogP contribution is 2.32. The molecule has 2 N–H and O–H groups in total. The number of nitrogens with one attached hydrogen (secondary N) is 1. The Morgan fingerprint density at radius 3 is 2.76 bits per heavy atom. The third-order valence-electron chi connectivity index (χ3n) is 2.78. The molecule has 1 aliphatic rings. The van der Waals surface area contributed by atoms with Gasteiger partial charge in [-0.3, -0.25) is 10.1 Å². The molecule has 17 heavy (non-hydrogen) atoms. The van der Waals surface area contributed by atoms with E-state index in [0.29, 0.717) is 24.2 Å². The minimum atomic E-state index is -0.481.